The van der Waals surface area contributed by atoms with Gasteiger partial charge in [-0.1, -0.05) is 12.8 Å². The summed E-state index contributed by atoms with van der Waals surface area (Å²) in [5.74, 6) is 1.19. The van der Waals surface area contributed by atoms with Crippen molar-refractivity contribution in [3.8, 4) is 5.88 Å². The molecule has 19 heavy (non-hydrogen) atoms. The van der Waals surface area contributed by atoms with Crippen molar-refractivity contribution in [2.24, 2.45) is 0 Å². The molecule has 1 saturated carbocycles. The molecule has 1 N–H and O–H groups in total. The highest BCUT2D eigenvalue weighted by molar-refractivity contribution is 5.27. The number of hydrogen-bond donors (Lipinski definition) is 1. The van der Waals surface area contributed by atoms with Gasteiger partial charge in [-0.15, -0.1) is 0 Å². The van der Waals surface area contributed by atoms with Crippen LogP contribution in [0.2, 0.25) is 0 Å². The summed E-state index contributed by atoms with van der Waals surface area (Å²) in [6, 6.07) is 1.76. The van der Waals surface area contributed by atoms with Crippen molar-refractivity contribution in [1.29, 1.82) is 0 Å². The van der Waals surface area contributed by atoms with Crippen LogP contribution in [0.3, 0.4) is 0 Å². The van der Waals surface area contributed by atoms with Crippen molar-refractivity contribution in [2.75, 3.05) is 18.5 Å². The van der Waals surface area contributed by atoms with Crippen molar-refractivity contribution in [3.63, 3.8) is 0 Å². The highest BCUT2D eigenvalue weighted by Crippen LogP contribution is 2.20. The number of nitrogens with one attached hydrogen (secondary N) is 1. The van der Waals surface area contributed by atoms with Gasteiger partial charge in [0.15, 0.2) is 0 Å². The molecule has 0 aromatic carbocycles. The number of hydrogen-bond acceptors (Lipinski definition) is 5. The van der Waals surface area contributed by atoms with Crippen molar-refractivity contribution in [2.45, 2.75) is 51.7 Å². The zero-order valence-electron chi connectivity index (χ0n) is 11.8. The first-order valence-corrected chi connectivity index (χ1v) is 7.09. The molecule has 0 aliphatic heterocycles. The third-order valence-corrected chi connectivity index (χ3v) is 3.03. The van der Waals surface area contributed by atoms with Crippen LogP contribution in [0.1, 0.15) is 39.5 Å². The lowest BCUT2D eigenvalue weighted by atomic mass is 10.3. The minimum Gasteiger partial charge on any atom is -0.475 e. The first-order chi connectivity index (χ1) is 9.24. The fourth-order valence-corrected chi connectivity index (χ4v) is 2.18. The summed E-state index contributed by atoms with van der Waals surface area (Å²) >= 11 is 0. The maximum Gasteiger partial charge on any atom is 0.226 e. The quantitative estimate of drug-likeness (QED) is 0.768. The van der Waals surface area contributed by atoms with Crippen LogP contribution in [0.5, 0.6) is 5.88 Å². The van der Waals surface area contributed by atoms with Gasteiger partial charge in [-0.2, -0.15) is 4.98 Å². The summed E-state index contributed by atoms with van der Waals surface area (Å²) in [6.45, 7) is 5.38. The number of rotatable bonds is 7. The Labute approximate surface area is 114 Å². The highest BCUT2D eigenvalue weighted by Gasteiger charge is 2.14. The van der Waals surface area contributed by atoms with Crippen LogP contribution < -0.4 is 10.1 Å². The van der Waals surface area contributed by atoms with E-state index in [0.717, 1.165) is 6.54 Å². The van der Waals surface area contributed by atoms with E-state index >= 15 is 0 Å². The van der Waals surface area contributed by atoms with Gasteiger partial charge in [0, 0.05) is 18.8 Å². The molecule has 106 valence electrons. The molecule has 0 unspecified atom stereocenters. The minimum absolute atomic E-state index is 0.119. The predicted octanol–water partition coefficient (Wildman–Crippen LogP) is 2.63. The summed E-state index contributed by atoms with van der Waals surface area (Å²) in [5.41, 5.74) is 0. The maximum absolute atomic E-state index is 5.77. The van der Waals surface area contributed by atoms with Crippen LogP contribution in [0.4, 0.5) is 5.95 Å². The van der Waals surface area contributed by atoms with Crippen LogP contribution in [-0.4, -0.2) is 35.3 Å². The first kappa shape index (κ1) is 14.1. The summed E-state index contributed by atoms with van der Waals surface area (Å²) in [7, 11) is 0. The molecule has 1 heterocycles. The normalized spacial score (nSPS) is 15.9. The maximum atomic E-state index is 5.77. The second kappa shape index (κ2) is 7.28. The Morgan fingerprint density at radius 2 is 2.16 bits per heavy atom. The average molecular weight is 265 g/mol. The summed E-state index contributed by atoms with van der Waals surface area (Å²) in [6.07, 6.45) is 7.28. The standard InChI is InChI=1S/C14H23N3O2/c1-11(2)19-13-7-8-15-14(17-13)16-9-10-18-12-5-3-4-6-12/h7-8,11-12H,3-6,9-10H2,1-2H3,(H,15,16,17). The van der Waals surface area contributed by atoms with Gasteiger partial charge in [0.25, 0.3) is 0 Å². The average Bonchev–Trinajstić information content (AvgIpc) is 2.87. The van der Waals surface area contributed by atoms with Gasteiger partial charge in [0.1, 0.15) is 0 Å². The molecule has 2 rings (SSSR count). The third-order valence-electron chi connectivity index (χ3n) is 3.03. The largest absolute Gasteiger partial charge is 0.475 e. The van der Waals surface area contributed by atoms with E-state index in [9.17, 15) is 0 Å². The summed E-state index contributed by atoms with van der Waals surface area (Å²) in [4.78, 5) is 8.44. The molecule has 0 bridgehead atoms. The SMILES string of the molecule is CC(C)Oc1ccnc(NCCOC2CCCC2)n1. The van der Waals surface area contributed by atoms with Crippen LogP contribution in [0, 0.1) is 0 Å². The third kappa shape index (κ3) is 5.03. The van der Waals surface area contributed by atoms with E-state index in [0.29, 0.717) is 24.5 Å². The van der Waals surface area contributed by atoms with Crippen LogP contribution in [0.15, 0.2) is 12.3 Å². The molecular formula is C14H23N3O2. The van der Waals surface area contributed by atoms with Crippen molar-refractivity contribution >= 4 is 5.95 Å². The topological polar surface area (TPSA) is 56.3 Å². The lowest BCUT2D eigenvalue weighted by Crippen LogP contribution is -2.16. The van der Waals surface area contributed by atoms with E-state index in [1.807, 2.05) is 13.8 Å². The Balaban J connectivity index is 1.69. The zero-order chi connectivity index (χ0) is 13.5. The molecule has 5 heteroatoms. The molecule has 1 fully saturated rings. The Bertz CT molecular complexity index is 379. The molecule has 1 aliphatic carbocycles. The zero-order valence-corrected chi connectivity index (χ0v) is 11.8. The van der Waals surface area contributed by atoms with E-state index < -0.39 is 0 Å². The molecule has 1 aromatic rings. The second-order valence-electron chi connectivity index (χ2n) is 5.09. The smallest absolute Gasteiger partial charge is 0.226 e. The number of anilines is 1. The Morgan fingerprint density at radius 3 is 2.89 bits per heavy atom. The van der Waals surface area contributed by atoms with E-state index in [2.05, 4.69) is 15.3 Å². The first-order valence-electron chi connectivity index (χ1n) is 7.09. The van der Waals surface area contributed by atoms with E-state index in [-0.39, 0.29) is 6.10 Å². The molecule has 5 nitrogen and oxygen atoms in total. The van der Waals surface area contributed by atoms with Gasteiger partial charge in [0.05, 0.1) is 18.8 Å². The van der Waals surface area contributed by atoms with Crippen molar-refractivity contribution in [3.05, 3.63) is 12.3 Å². The molecular weight excluding hydrogens is 242 g/mol. The predicted molar refractivity (Wildman–Crippen MR) is 74.5 cm³/mol. The lowest BCUT2D eigenvalue weighted by molar-refractivity contribution is 0.0658. The van der Waals surface area contributed by atoms with Gasteiger partial charge in [-0.05, 0) is 26.7 Å². The van der Waals surface area contributed by atoms with E-state index in [4.69, 9.17) is 9.47 Å². The van der Waals surface area contributed by atoms with Crippen molar-refractivity contribution in [1.82, 2.24) is 9.97 Å². The summed E-state index contributed by atoms with van der Waals surface area (Å²) in [5, 5.41) is 3.16. The summed E-state index contributed by atoms with van der Waals surface area (Å²) < 4.78 is 11.3. The highest BCUT2D eigenvalue weighted by atomic mass is 16.5. The Hall–Kier alpha value is -1.36. The van der Waals surface area contributed by atoms with Crippen molar-refractivity contribution < 1.29 is 9.47 Å². The molecule has 0 radical (unpaired) electrons. The van der Waals surface area contributed by atoms with Crippen LogP contribution >= 0.6 is 0 Å². The second-order valence-corrected chi connectivity index (χ2v) is 5.09. The van der Waals surface area contributed by atoms with Gasteiger partial charge < -0.3 is 14.8 Å². The van der Waals surface area contributed by atoms with Gasteiger partial charge in [-0.3, -0.25) is 0 Å². The van der Waals surface area contributed by atoms with Crippen LogP contribution in [0.25, 0.3) is 0 Å². The Kier molecular flexibility index (Phi) is 5.39. The van der Waals surface area contributed by atoms with Gasteiger partial charge >= 0.3 is 0 Å². The minimum atomic E-state index is 0.119. The molecule has 0 saturated heterocycles. The molecule has 1 aromatic heterocycles. The molecule has 0 amide bonds. The monoisotopic (exact) mass is 265 g/mol. The molecule has 0 atom stereocenters. The van der Waals surface area contributed by atoms with E-state index in [1.165, 1.54) is 25.7 Å². The van der Waals surface area contributed by atoms with Crippen LogP contribution in [-0.2, 0) is 4.74 Å². The fourth-order valence-electron chi connectivity index (χ4n) is 2.18. The molecule has 0 spiro atoms. The number of aromatic nitrogens is 2. The number of nitrogens with zero attached hydrogens (tertiary/aromatic N) is 2. The van der Waals surface area contributed by atoms with Gasteiger partial charge in [-0.25, -0.2) is 4.98 Å². The number of ether oxygens (including phenoxy) is 2. The van der Waals surface area contributed by atoms with Gasteiger partial charge in [0.2, 0.25) is 11.8 Å². The van der Waals surface area contributed by atoms with E-state index in [1.54, 1.807) is 12.3 Å². The fraction of sp³-hybridized carbons (Fsp3) is 0.714. The lowest BCUT2D eigenvalue weighted by Gasteiger charge is -2.12. The Morgan fingerprint density at radius 1 is 1.37 bits per heavy atom. The molecule has 1 aliphatic rings.